The van der Waals surface area contributed by atoms with E-state index in [9.17, 15) is 9.59 Å². The van der Waals surface area contributed by atoms with E-state index in [1.165, 1.54) is 11.8 Å². The zero-order valence-electron chi connectivity index (χ0n) is 14.4. The third-order valence-electron chi connectivity index (χ3n) is 4.16. The van der Waals surface area contributed by atoms with Crippen molar-refractivity contribution in [1.29, 1.82) is 0 Å². The van der Waals surface area contributed by atoms with Crippen molar-refractivity contribution >= 4 is 28.6 Å². The van der Waals surface area contributed by atoms with E-state index in [-0.39, 0.29) is 23.3 Å². The molecule has 3 rings (SSSR count). The maximum Gasteiger partial charge on any atom is 0.262 e. The Balaban J connectivity index is 1.70. The maximum atomic E-state index is 12.7. The van der Waals surface area contributed by atoms with E-state index in [1.54, 1.807) is 10.6 Å². The molecule has 0 spiro atoms. The van der Waals surface area contributed by atoms with Gasteiger partial charge < -0.3 is 10.1 Å². The topological polar surface area (TPSA) is 73.2 Å². The van der Waals surface area contributed by atoms with Crippen LogP contribution in [0.25, 0.3) is 10.9 Å². The van der Waals surface area contributed by atoms with Gasteiger partial charge >= 0.3 is 0 Å². The SMILES string of the molecule is CCCn1c(SCC(=O)NC[C@H]2CCCO2)nc2ccccc2c1=O. The molecule has 1 amide bonds. The summed E-state index contributed by atoms with van der Waals surface area (Å²) < 4.78 is 7.17. The summed E-state index contributed by atoms with van der Waals surface area (Å²) in [5.74, 6) is 0.173. The minimum absolute atomic E-state index is 0.0466. The fourth-order valence-electron chi connectivity index (χ4n) is 2.89. The van der Waals surface area contributed by atoms with Crippen LogP contribution in [0.4, 0.5) is 0 Å². The molecule has 0 saturated carbocycles. The molecule has 0 aliphatic carbocycles. The zero-order chi connectivity index (χ0) is 17.6. The molecule has 1 saturated heterocycles. The number of hydrogen-bond acceptors (Lipinski definition) is 5. The third kappa shape index (κ3) is 4.41. The Kier molecular flexibility index (Phi) is 6.09. The second-order valence-corrected chi connectivity index (χ2v) is 7.04. The Morgan fingerprint density at radius 3 is 3.04 bits per heavy atom. The monoisotopic (exact) mass is 361 g/mol. The van der Waals surface area contributed by atoms with Crippen molar-refractivity contribution < 1.29 is 9.53 Å². The molecule has 1 N–H and O–H groups in total. The number of hydrogen-bond donors (Lipinski definition) is 1. The summed E-state index contributed by atoms with van der Waals surface area (Å²) in [7, 11) is 0. The molecule has 0 radical (unpaired) electrons. The summed E-state index contributed by atoms with van der Waals surface area (Å²) in [5.41, 5.74) is 0.622. The van der Waals surface area contributed by atoms with E-state index in [0.29, 0.717) is 29.1 Å². The number of carbonyl (C=O) groups is 1. The number of ether oxygens (including phenoxy) is 1. The number of fused-ring (bicyclic) bond motifs is 1. The zero-order valence-corrected chi connectivity index (χ0v) is 15.2. The van der Waals surface area contributed by atoms with Gasteiger partial charge in [0.2, 0.25) is 5.91 Å². The molecule has 2 heterocycles. The van der Waals surface area contributed by atoms with Crippen molar-refractivity contribution in [1.82, 2.24) is 14.9 Å². The first kappa shape index (κ1) is 17.9. The molecule has 1 aromatic carbocycles. The highest BCUT2D eigenvalue weighted by Crippen LogP contribution is 2.18. The molecule has 7 heteroatoms. The van der Waals surface area contributed by atoms with Crippen molar-refractivity contribution in [2.75, 3.05) is 18.9 Å². The van der Waals surface area contributed by atoms with E-state index in [0.717, 1.165) is 25.9 Å². The molecule has 0 unspecified atom stereocenters. The van der Waals surface area contributed by atoms with E-state index in [2.05, 4.69) is 10.3 Å². The van der Waals surface area contributed by atoms with E-state index < -0.39 is 0 Å². The number of aromatic nitrogens is 2. The third-order valence-corrected chi connectivity index (χ3v) is 5.13. The van der Waals surface area contributed by atoms with Gasteiger partial charge in [0.1, 0.15) is 0 Å². The lowest BCUT2D eigenvalue weighted by Gasteiger charge is -2.13. The number of amides is 1. The molecule has 25 heavy (non-hydrogen) atoms. The summed E-state index contributed by atoms with van der Waals surface area (Å²) in [5, 5.41) is 4.11. The highest BCUT2D eigenvalue weighted by atomic mass is 32.2. The van der Waals surface area contributed by atoms with Gasteiger partial charge in [0.25, 0.3) is 5.56 Å². The van der Waals surface area contributed by atoms with Crippen molar-refractivity contribution in [3.63, 3.8) is 0 Å². The van der Waals surface area contributed by atoms with Crippen molar-refractivity contribution in [2.24, 2.45) is 0 Å². The Hall–Kier alpha value is -1.86. The van der Waals surface area contributed by atoms with Gasteiger partial charge in [-0.2, -0.15) is 0 Å². The number of para-hydroxylation sites is 1. The average Bonchev–Trinajstić information content (AvgIpc) is 3.14. The van der Waals surface area contributed by atoms with Crippen LogP contribution in [0.3, 0.4) is 0 Å². The first-order chi connectivity index (χ1) is 12.2. The molecular weight excluding hydrogens is 338 g/mol. The van der Waals surface area contributed by atoms with Gasteiger partial charge in [-0.05, 0) is 31.4 Å². The van der Waals surface area contributed by atoms with Gasteiger partial charge in [-0.1, -0.05) is 30.8 Å². The first-order valence-electron chi connectivity index (χ1n) is 8.69. The fraction of sp³-hybridized carbons (Fsp3) is 0.500. The molecule has 1 aliphatic rings. The van der Waals surface area contributed by atoms with E-state index >= 15 is 0 Å². The van der Waals surface area contributed by atoms with Gasteiger partial charge in [0.05, 0.1) is 22.8 Å². The first-order valence-corrected chi connectivity index (χ1v) is 9.68. The van der Waals surface area contributed by atoms with Crippen LogP contribution in [-0.2, 0) is 16.1 Å². The van der Waals surface area contributed by atoms with Crippen LogP contribution in [0.5, 0.6) is 0 Å². The molecule has 2 aromatic rings. The van der Waals surface area contributed by atoms with Crippen LogP contribution in [0.1, 0.15) is 26.2 Å². The summed E-state index contributed by atoms with van der Waals surface area (Å²) in [6, 6.07) is 7.32. The Morgan fingerprint density at radius 1 is 1.44 bits per heavy atom. The maximum absolute atomic E-state index is 12.7. The minimum Gasteiger partial charge on any atom is -0.376 e. The van der Waals surface area contributed by atoms with Crippen LogP contribution >= 0.6 is 11.8 Å². The predicted molar refractivity (Wildman–Crippen MR) is 99.0 cm³/mol. The van der Waals surface area contributed by atoms with Crippen molar-refractivity contribution in [3.8, 4) is 0 Å². The lowest BCUT2D eigenvalue weighted by Crippen LogP contribution is -2.33. The quantitative estimate of drug-likeness (QED) is 0.604. The Morgan fingerprint density at radius 2 is 2.28 bits per heavy atom. The van der Waals surface area contributed by atoms with Crippen molar-refractivity contribution in [3.05, 3.63) is 34.6 Å². The Labute approximate surface area is 151 Å². The van der Waals surface area contributed by atoms with Crippen LogP contribution < -0.4 is 10.9 Å². The average molecular weight is 361 g/mol. The van der Waals surface area contributed by atoms with Crippen LogP contribution in [0, 0.1) is 0 Å². The molecule has 1 aliphatic heterocycles. The number of carbonyl (C=O) groups excluding carboxylic acids is 1. The van der Waals surface area contributed by atoms with Crippen LogP contribution in [0.2, 0.25) is 0 Å². The van der Waals surface area contributed by atoms with Gasteiger partial charge in [-0.3, -0.25) is 14.2 Å². The van der Waals surface area contributed by atoms with Gasteiger partial charge in [-0.25, -0.2) is 4.98 Å². The highest BCUT2D eigenvalue weighted by Gasteiger charge is 2.17. The lowest BCUT2D eigenvalue weighted by molar-refractivity contribution is -0.119. The smallest absolute Gasteiger partial charge is 0.262 e. The van der Waals surface area contributed by atoms with E-state index in [1.807, 2.05) is 25.1 Å². The van der Waals surface area contributed by atoms with Gasteiger partial charge in [-0.15, -0.1) is 0 Å². The molecule has 134 valence electrons. The van der Waals surface area contributed by atoms with E-state index in [4.69, 9.17) is 4.74 Å². The van der Waals surface area contributed by atoms with Gasteiger partial charge in [0.15, 0.2) is 5.16 Å². The normalized spacial score (nSPS) is 17.1. The second-order valence-electron chi connectivity index (χ2n) is 6.10. The summed E-state index contributed by atoms with van der Waals surface area (Å²) in [6.07, 6.45) is 3.01. The molecule has 1 aromatic heterocycles. The number of thioether (sulfide) groups is 1. The Bertz CT molecular complexity index is 800. The lowest BCUT2D eigenvalue weighted by atomic mass is 10.2. The summed E-state index contributed by atoms with van der Waals surface area (Å²) >= 11 is 1.31. The predicted octanol–water partition coefficient (Wildman–Crippen LogP) is 2.19. The van der Waals surface area contributed by atoms with Gasteiger partial charge in [0, 0.05) is 19.7 Å². The molecule has 0 bridgehead atoms. The number of nitrogens with zero attached hydrogens (tertiary/aromatic N) is 2. The second kappa shape index (κ2) is 8.49. The minimum atomic E-state index is -0.0639. The summed E-state index contributed by atoms with van der Waals surface area (Å²) in [4.78, 5) is 29.3. The molecule has 1 atom stereocenters. The fourth-order valence-corrected chi connectivity index (χ4v) is 3.75. The molecule has 1 fully saturated rings. The van der Waals surface area contributed by atoms with Crippen LogP contribution in [0.15, 0.2) is 34.2 Å². The molecular formula is C18H23N3O3S. The number of rotatable bonds is 7. The standard InChI is InChI=1S/C18H23N3O3S/c1-2-9-21-17(23)14-7-3-4-8-15(14)20-18(21)25-12-16(22)19-11-13-6-5-10-24-13/h3-4,7-8,13H,2,5-6,9-12H2,1H3,(H,19,22)/t13-/m1/s1. The molecule has 6 nitrogen and oxygen atoms in total. The number of benzene rings is 1. The number of nitrogens with one attached hydrogen (secondary N) is 1. The van der Waals surface area contributed by atoms with Crippen LogP contribution in [-0.4, -0.2) is 40.5 Å². The summed E-state index contributed by atoms with van der Waals surface area (Å²) in [6.45, 7) is 3.94. The van der Waals surface area contributed by atoms with Crippen molar-refractivity contribution in [2.45, 2.75) is 44.0 Å². The highest BCUT2D eigenvalue weighted by molar-refractivity contribution is 7.99. The largest absolute Gasteiger partial charge is 0.376 e.